The first-order valence-electron chi connectivity index (χ1n) is 7.01. The lowest BCUT2D eigenvalue weighted by Crippen LogP contribution is -2.39. The van der Waals surface area contributed by atoms with Crippen molar-refractivity contribution in [2.75, 3.05) is 13.1 Å². The van der Waals surface area contributed by atoms with Crippen LogP contribution >= 0.6 is 0 Å². The highest BCUT2D eigenvalue weighted by Crippen LogP contribution is 2.12. The molecule has 1 aromatic rings. The molecule has 3 heteroatoms. The van der Waals surface area contributed by atoms with Gasteiger partial charge in [0.15, 0.2) is 0 Å². The van der Waals surface area contributed by atoms with E-state index in [1.807, 2.05) is 11.0 Å². The first kappa shape index (κ1) is 15.7. The van der Waals surface area contributed by atoms with Crippen LogP contribution in [0.3, 0.4) is 0 Å². The molecule has 0 heterocycles. The molecule has 0 aliphatic carbocycles. The second-order valence-corrected chi connectivity index (χ2v) is 5.42. The molecule has 0 saturated heterocycles. The summed E-state index contributed by atoms with van der Waals surface area (Å²) in [5.41, 5.74) is 9.12. The molecule has 0 unspecified atom stereocenters. The molecule has 0 aliphatic rings. The molecule has 0 saturated carbocycles. The number of hydrogen-bond donors (Lipinski definition) is 1. The Hall–Kier alpha value is -1.35. The maximum Gasteiger partial charge on any atom is 0.227 e. The van der Waals surface area contributed by atoms with Crippen molar-refractivity contribution in [2.24, 2.45) is 5.73 Å². The van der Waals surface area contributed by atoms with Gasteiger partial charge in [0.25, 0.3) is 0 Å². The van der Waals surface area contributed by atoms with Gasteiger partial charge in [0.2, 0.25) is 5.91 Å². The molecule has 1 amide bonds. The van der Waals surface area contributed by atoms with Crippen molar-refractivity contribution in [1.82, 2.24) is 4.90 Å². The molecule has 0 spiro atoms. The topological polar surface area (TPSA) is 46.3 Å². The van der Waals surface area contributed by atoms with Crippen LogP contribution in [-0.4, -0.2) is 29.9 Å². The van der Waals surface area contributed by atoms with E-state index in [2.05, 4.69) is 39.8 Å². The summed E-state index contributed by atoms with van der Waals surface area (Å²) < 4.78 is 0. The highest BCUT2D eigenvalue weighted by atomic mass is 16.2. The molecule has 1 aromatic carbocycles. The van der Waals surface area contributed by atoms with E-state index in [1.54, 1.807) is 0 Å². The molecular formula is C16H26N2O. The van der Waals surface area contributed by atoms with Crippen LogP contribution in [0, 0.1) is 13.8 Å². The lowest BCUT2D eigenvalue weighted by atomic mass is 10.0. The fourth-order valence-electron chi connectivity index (χ4n) is 2.12. The Kier molecular flexibility index (Phi) is 6.03. The summed E-state index contributed by atoms with van der Waals surface area (Å²) in [6.45, 7) is 9.64. The molecule has 106 valence electrons. The van der Waals surface area contributed by atoms with Gasteiger partial charge in [0.05, 0.1) is 6.42 Å². The van der Waals surface area contributed by atoms with E-state index in [1.165, 1.54) is 11.1 Å². The minimum Gasteiger partial charge on any atom is -0.340 e. The predicted octanol–water partition coefficient (Wildman–Crippen LogP) is 2.43. The lowest BCUT2D eigenvalue weighted by molar-refractivity contribution is -0.132. The minimum absolute atomic E-state index is 0.187. The predicted molar refractivity (Wildman–Crippen MR) is 80.1 cm³/mol. The first-order chi connectivity index (χ1) is 8.95. The van der Waals surface area contributed by atoms with Crippen molar-refractivity contribution >= 4 is 5.91 Å². The lowest BCUT2D eigenvalue weighted by Gasteiger charge is -2.27. The van der Waals surface area contributed by atoms with Crippen LogP contribution in [0.4, 0.5) is 0 Å². The molecule has 1 rings (SSSR count). The Morgan fingerprint density at radius 2 is 1.95 bits per heavy atom. The molecule has 0 radical (unpaired) electrons. The van der Waals surface area contributed by atoms with Gasteiger partial charge in [0.1, 0.15) is 0 Å². The Morgan fingerprint density at radius 1 is 1.26 bits per heavy atom. The molecule has 0 aromatic heterocycles. The van der Waals surface area contributed by atoms with Crippen LogP contribution in [0.15, 0.2) is 18.2 Å². The van der Waals surface area contributed by atoms with Crippen LogP contribution in [0.25, 0.3) is 0 Å². The quantitative estimate of drug-likeness (QED) is 0.856. The third-order valence-electron chi connectivity index (χ3n) is 3.47. The minimum atomic E-state index is 0.187. The van der Waals surface area contributed by atoms with Crippen molar-refractivity contribution in [1.29, 1.82) is 0 Å². The normalized spacial score (nSPS) is 10.8. The summed E-state index contributed by atoms with van der Waals surface area (Å²) in [7, 11) is 0. The number of aryl methyl sites for hydroxylation is 2. The van der Waals surface area contributed by atoms with E-state index in [-0.39, 0.29) is 11.9 Å². The monoisotopic (exact) mass is 262 g/mol. The Labute approximate surface area is 116 Å². The Morgan fingerprint density at radius 3 is 2.47 bits per heavy atom. The zero-order valence-electron chi connectivity index (χ0n) is 12.6. The maximum absolute atomic E-state index is 12.3. The van der Waals surface area contributed by atoms with Crippen LogP contribution < -0.4 is 5.73 Å². The van der Waals surface area contributed by atoms with Crippen LogP contribution in [-0.2, 0) is 11.2 Å². The Bertz CT molecular complexity index is 427. The van der Waals surface area contributed by atoms with Gasteiger partial charge in [-0.05, 0) is 57.4 Å². The number of nitrogens with two attached hydrogens (primary N) is 1. The summed E-state index contributed by atoms with van der Waals surface area (Å²) >= 11 is 0. The number of benzene rings is 1. The number of rotatable bonds is 6. The molecule has 2 N–H and O–H groups in total. The molecule has 0 atom stereocenters. The summed E-state index contributed by atoms with van der Waals surface area (Å²) in [6.07, 6.45) is 1.33. The number of nitrogens with zero attached hydrogens (tertiary/aromatic N) is 1. The van der Waals surface area contributed by atoms with Gasteiger partial charge in [-0.2, -0.15) is 0 Å². The van der Waals surface area contributed by atoms with Gasteiger partial charge in [-0.1, -0.05) is 18.2 Å². The fourth-order valence-corrected chi connectivity index (χ4v) is 2.12. The molecule has 0 fully saturated rings. The van der Waals surface area contributed by atoms with Gasteiger partial charge >= 0.3 is 0 Å². The van der Waals surface area contributed by atoms with Crippen LogP contribution in [0.1, 0.15) is 37.0 Å². The van der Waals surface area contributed by atoms with Gasteiger partial charge in [-0.3, -0.25) is 4.79 Å². The summed E-state index contributed by atoms with van der Waals surface area (Å²) in [5.74, 6) is 0.187. The number of amides is 1. The highest BCUT2D eigenvalue weighted by molar-refractivity contribution is 5.79. The van der Waals surface area contributed by atoms with E-state index in [0.717, 1.165) is 18.5 Å². The number of carbonyl (C=O) groups is 1. The largest absolute Gasteiger partial charge is 0.340 e. The summed E-state index contributed by atoms with van der Waals surface area (Å²) in [4.78, 5) is 14.3. The van der Waals surface area contributed by atoms with Crippen LogP contribution in [0.2, 0.25) is 0 Å². The zero-order valence-corrected chi connectivity index (χ0v) is 12.6. The van der Waals surface area contributed by atoms with E-state index >= 15 is 0 Å². The second-order valence-electron chi connectivity index (χ2n) is 5.42. The van der Waals surface area contributed by atoms with Crippen molar-refractivity contribution < 1.29 is 4.79 Å². The molecule has 19 heavy (non-hydrogen) atoms. The maximum atomic E-state index is 12.3. The van der Waals surface area contributed by atoms with Crippen molar-refractivity contribution in [2.45, 2.75) is 46.6 Å². The van der Waals surface area contributed by atoms with E-state index in [9.17, 15) is 4.79 Å². The highest BCUT2D eigenvalue weighted by Gasteiger charge is 2.16. The van der Waals surface area contributed by atoms with E-state index < -0.39 is 0 Å². The van der Waals surface area contributed by atoms with Crippen molar-refractivity contribution in [3.63, 3.8) is 0 Å². The van der Waals surface area contributed by atoms with Gasteiger partial charge in [-0.15, -0.1) is 0 Å². The van der Waals surface area contributed by atoms with E-state index in [0.29, 0.717) is 13.0 Å². The summed E-state index contributed by atoms with van der Waals surface area (Å²) in [6, 6.07) is 6.46. The SMILES string of the molecule is Cc1ccc(CC(=O)N(CCCN)C(C)C)cc1C. The van der Waals surface area contributed by atoms with Gasteiger partial charge in [0, 0.05) is 12.6 Å². The van der Waals surface area contributed by atoms with Gasteiger partial charge < -0.3 is 10.6 Å². The third-order valence-corrected chi connectivity index (χ3v) is 3.47. The zero-order chi connectivity index (χ0) is 14.4. The van der Waals surface area contributed by atoms with Crippen molar-refractivity contribution in [3.8, 4) is 0 Å². The molecule has 0 bridgehead atoms. The smallest absolute Gasteiger partial charge is 0.227 e. The average Bonchev–Trinajstić information content (AvgIpc) is 2.34. The number of hydrogen-bond acceptors (Lipinski definition) is 2. The molecule has 0 aliphatic heterocycles. The second kappa shape index (κ2) is 7.29. The summed E-state index contributed by atoms with van der Waals surface area (Å²) in [5, 5.41) is 0. The standard InChI is InChI=1S/C16H26N2O/c1-12(2)18(9-5-8-17)16(19)11-15-7-6-13(3)14(4)10-15/h6-7,10,12H,5,8-9,11,17H2,1-4H3. The number of carbonyl (C=O) groups excluding carboxylic acids is 1. The van der Waals surface area contributed by atoms with Crippen molar-refractivity contribution in [3.05, 3.63) is 34.9 Å². The van der Waals surface area contributed by atoms with E-state index in [4.69, 9.17) is 5.73 Å². The van der Waals surface area contributed by atoms with Gasteiger partial charge in [-0.25, -0.2) is 0 Å². The fraction of sp³-hybridized carbons (Fsp3) is 0.562. The third kappa shape index (κ3) is 4.67. The average molecular weight is 262 g/mol. The first-order valence-corrected chi connectivity index (χ1v) is 7.01. The molecule has 3 nitrogen and oxygen atoms in total. The molecular weight excluding hydrogens is 236 g/mol. The Balaban J connectivity index is 2.72. The van der Waals surface area contributed by atoms with Crippen LogP contribution in [0.5, 0.6) is 0 Å².